The normalized spacial score (nSPS) is 23.8. The third kappa shape index (κ3) is 6.19. The summed E-state index contributed by atoms with van der Waals surface area (Å²) < 4.78 is 5.22. The maximum absolute atomic E-state index is 5.22. The van der Waals surface area contributed by atoms with Gasteiger partial charge in [-0.2, -0.15) is 0 Å². The lowest BCUT2D eigenvalue weighted by Gasteiger charge is -2.18. The van der Waals surface area contributed by atoms with Gasteiger partial charge in [-0.05, 0) is 24.7 Å². The van der Waals surface area contributed by atoms with Gasteiger partial charge in [0.2, 0.25) is 0 Å². The minimum Gasteiger partial charge on any atom is -0.373 e. The summed E-state index contributed by atoms with van der Waals surface area (Å²) in [5, 5.41) is 0. The molecule has 1 heteroatoms. The second-order valence-electron chi connectivity index (χ2n) is 5.26. The maximum atomic E-state index is 5.22. The molecular formula is C14H28O. The van der Waals surface area contributed by atoms with Crippen molar-refractivity contribution in [1.29, 1.82) is 0 Å². The van der Waals surface area contributed by atoms with Gasteiger partial charge in [-0.15, -0.1) is 0 Å². The Morgan fingerprint density at radius 3 is 2.47 bits per heavy atom. The van der Waals surface area contributed by atoms with Crippen LogP contribution in [0.1, 0.15) is 65.7 Å². The number of ether oxygens (including phenoxy) is 1. The molecule has 15 heavy (non-hydrogen) atoms. The summed E-state index contributed by atoms with van der Waals surface area (Å²) in [6.45, 7) is 8.07. The van der Waals surface area contributed by atoms with E-state index in [-0.39, 0.29) is 0 Å². The van der Waals surface area contributed by atoms with Crippen LogP contribution in [0.5, 0.6) is 0 Å². The van der Waals surface area contributed by atoms with Crippen molar-refractivity contribution in [3.05, 3.63) is 0 Å². The zero-order valence-corrected chi connectivity index (χ0v) is 10.8. The molecule has 1 nitrogen and oxygen atoms in total. The van der Waals surface area contributed by atoms with Crippen molar-refractivity contribution in [2.24, 2.45) is 11.8 Å². The molecule has 1 rings (SSSR count). The highest BCUT2D eigenvalue weighted by atomic mass is 16.6. The number of rotatable bonds is 9. The first-order valence-corrected chi connectivity index (χ1v) is 6.87. The predicted octanol–water partition coefficient (Wildman–Crippen LogP) is 4.41. The summed E-state index contributed by atoms with van der Waals surface area (Å²) in [4.78, 5) is 0. The van der Waals surface area contributed by atoms with Crippen LogP contribution in [0, 0.1) is 11.8 Å². The van der Waals surface area contributed by atoms with Crippen molar-refractivity contribution in [2.45, 2.75) is 71.8 Å². The van der Waals surface area contributed by atoms with E-state index in [0.717, 1.165) is 18.4 Å². The Morgan fingerprint density at radius 2 is 1.93 bits per heavy atom. The molecule has 0 N–H and O–H groups in total. The zero-order chi connectivity index (χ0) is 11.1. The molecule has 0 bridgehead atoms. The van der Waals surface area contributed by atoms with Gasteiger partial charge in [-0.25, -0.2) is 0 Å². The molecule has 0 aliphatic carbocycles. The van der Waals surface area contributed by atoms with E-state index < -0.39 is 0 Å². The third-order valence-corrected chi connectivity index (χ3v) is 3.80. The predicted molar refractivity (Wildman–Crippen MR) is 66.1 cm³/mol. The first kappa shape index (κ1) is 13.0. The molecule has 0 amide bonds. The van der Waals surface area contributed by atoms with Gasteiger partial charge in [-0.3, -0.25) is 0 Å². The van der Waals surface area contributed by atoms with Crippen LogP contribution in [-0.2, 0) is 4.74 Å². The van der Waals surface area contributed by atoms with Gasteiger partial charge in [0.25, 0.3) is 0 Å². The Labute approximate surface area is 95.6 Å². The van der Waals surface area contributed by atoms with Gasteiger partial charge in [-0.1, -0.05) is 52.9 Å². The summed E-state index contributed by atoms with van der Waals surface area (Å²) in [6, 6.07) is 0. The Kier molecular flexibility index (Phi) is 6.31. The smallest absolute Gasteiger partial charge is 0.0810 e. The van der Waals surface area contributed by atoms with Crippen LogP contribution in [0.3, 0.4) is 0 Å². The number of hydrogen-bond donors (Lipinski definition) is 0. The summed E-state index contributed by atoms with van der Waals surface area (Å²) in [7, 11) is 0. The average Bonchev–Trinajstić information content (AvgIpc) is 3.06. The maximum Gasteiger partial charge on any atom is 0.0810 e. The molecule has 3 atom stereocenters. The second-order valence-corrected chi connectivity index (χ2v) is 5.26. The van der Waals surface area contributed by atoms with Gasteiger partial charge in [0.1, 0.15) is 0 Å². The highest BCUT2D eigenvalue weighted by Gasteiger charge is 2.21. The average molecular weight is 212 g/mol. The van der Waals surface area contributed by atoms with Crippen molar-refractivity contribution in [2.75, 3.05) is 6.61 Å². The molecule has 1 fully saturated rings. The molecule has 0 aromatic rings. The van der Waals surface area contributed by atoms with E-state index in [1.807, 2.05) is 0 Å². The first-order chi connectivity index (χ1) is 7.26. The lowest BCUT2D eigenvalue weighted by molar-refractivity contribution is 0.336. The fourth-order valence-electron chi connectivity index (χ4n) is 2.26. The van der Waals surface area contributed by atoms with E-state index in [9.17, 15) is 0 Å². The van der Waals surface area contributed by atoms with Crippen molar-refractivity contribution in [1.82, 2.24) is 0 Å². The highest BCUT2D eigenvalue weighted by molar-refractivity contribution is 4.69. The molecule has 0 aromatic carbocycles. The molecule has 1 aliphatic heterocycles. The first-order valence-electron chi connectivity index (χ1n) is 6.87. The standard InChI is InChI=1S/C14H28O/c1-4-12(3)10-13(5-2)8-6-7-9-14-11-15-14/h12-14H,4-11H2,1-3H3. The third-order valence-electron chi connectivity index (χ3n) is 3.80. The molecule has 90 valence electrons. The number of hydrogen-bond acceptors (Lipinski definition) is 1. The minimum atomic E-state index is 0.639. The Balaban J connectivity index is 1.98. The van der Waals surface area contributed by atoms with E-state index in [1.54, 1.807) is 0 Å². The van der Waals surface area contributed by atoms with Gasteiger partial charge < -0.3 is 4.74 Å². The number of unbranched alkanes of at least 4 members (excludes halogenated alkanes) is 1. The largest absolute Gasteiger partial charge is 0.373 e. The number of epoxide rings is 1. The Hall–Kier alpha value is -0.0400. The molecule has 0 saturated carbocycles. The Bertz CT molecular complexity index is 151. The SMILES string of the molecule is CCC(C)CC(CC)CCCCC1CO1. The van der Waals surface area contributed by atoms with Crippen molar-refractivity contribution >= 4 is 0 Å². The van der Waals surface area contributed by atoms with E-state index in [0.29, 0.717) is 6.10 Å². The molecule has 3 unspecified atom stereocenters. The molecular weight excluding hydrogens is 184 g/mol. The fourth-order valence-corrected chi connectivity index (χ4v) is 2.26. The van der Waals surface area contributed by atoms with E-state index in [4.69, 9.17) is 4.74 Å². The summed E-state index contributed by atoms with van der Waals surface area (Å²) in [5.41, 5.74) is 0. The van der Waals surface area contributed by atoms with E-state index >= 15 is 0 Å². The molecule has 1 heterocycles. The van der Waals surface area contributed by atoms with Crippen LogP contribution < -0.4 is 0 Å². The lowest BCUT2D eigenvalue weighted by atomic mass is 9.88. The van der Waals surface area contributed by atoms with E-state index in [1.165, 1.54) is 44.9 Å². The van der Waals surface area contributed by atoms with Crippen molar-refractivity contribution in [3.8, 4) is 0 Å². The van der Waals surface area contributed by atoms with Crippen LogP contribution in [0.15, 0.2) is 0 Å². The molecule has 1 saturated heterocycles. The van der Waals surface area contributed by atoms with Crippen LogP contribution in [0.25, 0.3) is 0 Å². The van der Waals surface area contributed by atoms with Crippen LogP contribution in [-0.4, -0.2) is 12.7 Å². The zero-order valence-electron chi connectivity index (χ0n) is 10.8. The lowest BCUT2D eigenvalue weighted by Crippen LogP contribution is -2.05. The van der Waals surface area contributed by atoms with Crippen LogP contribution in [0.4, 0.5) is 0 Å². The topological polar surface area (TPSA) is 12.5 Å². The molecule has 0 radical (unpaired) electrons. The van der Waals surface area contributed by atoms with Crippen molar-refractivity contribution in [3.63, 3.8) is 0 Å². The fraction of sp³-hybridized carbons (Fsp3) is 1.00. The van der Waals surface area contributed by atoms with Gasteiger partial charge >= 0.3 is 0 Å². The molecule has 0 spiro atoms. The van der Waals surface area contributed by atoms with E-state index in [2.05, 4.69) is 20.8 Å². The van der Waals surface area contributed by atoms with Crippen LogP contribution in [0.2, 0.25) is 0 Å². The summed E-state index contributed by atoms with van der Waals surface area (Å²) in [5.74, 6) is 1.89. The minimum absolute atomic E-state index is 0.639. The quantitative estimate of drug-likeness (QED) is 0.407. The highest BCUT2D eigenvalue weighted by Crippen LogP contribution is 2.24. The van der Waals surface area contributed by atoms with Gasteiger partial charge in [0.05, 0.1) is 12.7 Å². The van der Waals surface area contributed by atoms with Gasteiger partial charge in [0.15, 0.2) is 0 Å². The second kappa shape index (κ2) is 7.27. The van der Waals surface area contributed by atoms with Gasteiger partial charge in [0, 0.05) is 0 Å². The Morgan fingerprint density at radius 1 is 1.20 bits per heavy atom. The summed E-state index contributed by atoms with van der Waals surface area (Å²) in [6.07, 6.45) is 10.3. The monoisotopic (exact) mass is 212 g/mol. The molecule has 0 aromatic heterocycles. The van der Waals surface area contributed by atoms with Crippen LogP contribution >= 0.6 is 0 Å². The van der Waals surface area contributed by atoms with Crippen molar-refractivity contribution < 1.29 is 4.74 Å². The molecule has 1 aliphatic rings. The summed E-state index contributed by atoms with van der Waals surface area (Å²) >= 11 is 0.